The smallest absolute Gasteiger partial charge is 0.410 e. The molecule has 0 bridgehead atoms. The molecular weight excluding hydrogens is 1540 g/mol. The van der Waals surface area contributed by atoms with Crippen molar-refractivity contribution in [3.63, 3.8) is 0 Å². The quantitative estimate of drug-likeness (QED) is 0.0175. The van der Waals surface area contributed by atoms with Gasteiger partial charge >= 0.3 is 30.0 Å². The molecule has 35 heteroatoms. The number of likely N-dealkylation sites (N-methyl/N-ethyl adjacent to an activating group) is 2. The summed E-state index contributed by atoms with van der Waals surface area (Å²) >= 11 is 0. The fraction of sp³-hybridized carbons (Fsp3) is 0.663. The van der Waals surface area contributed by atoms with E-state index in [-0.39, 0.29) is 163 Å². The van der Waals surface area contributed by atoms with Gasteiger partial charge in [0.2, 0.25) is 35.4 Å². The average molecular weight is 1670 g/mol. The zero-order valence-electron chi connectivity index (χ0n) is 70.8. The zero-order valence-corrected chi connectivity index (χ0v) is 70.8. The van der Waals surface area contributed by atoms with Gasteiger partial charge in [0.05, 0.1) is 74.4 Å². The summed E-state index contributed by atoms with van der Waals surface area (Å²) < 4.78 is 27.9. The van der Waals surface area contributed by atoms with Gasteiger partial charge in [0.25, 0.3) is 6.47 Å². The lowest BCUT2D eigenvalue weighted by molar-refractivity contribution is -0.149. The van der Waals surface area contributed by atoms with Gasteiger partial charge in [-0.15, -0.1) is 0 Å². The molecule has 1 aliphatic rings. The second-order valence-electron chi connectivity index (χ2n) is 31.3. The molecular formula is C83H128N10O25. The number of hydrogen-bond donors (Lipinski definition) is 10. The van der Waals surface area contributed by atoms with Crippen LogP contribution in [0.4, 0.5) is 9.59 Å². The fourth-order valence-corrected chi connectivity index (χ4v) is 14.4. The first-order chi connectivity index (χ1) is 55.8. The number of nitrogens with two attached hydrogens (primary N) is 1. The molecule has 0 radical (unpaired) electrons. The number of rotatable bonds is 59. The van der Waals surface area contributed by atoms with E-state index >= 15 is 0 Å². The summed E-state index contributed by atoms with van der Waals surface area (Å²) in [4.78, 5) is 218. The van der Waals surface area contributed by atoms with Gasteiger partial charge in [-0.3, -0.25) is 67.2 Å². The normalized spacial score (nSPS) is 16.0. The van der Waals surface area contributed by atoms with Gasteiger partial charge in [-0.2, -0.15) is 0 Å². The lowest BCUT2D eigenvalue weighted by atomic mass is 9.83. The third-order valence-corrected chi connectivity index (χ3v) is 21.5. The number of carboxylic acids is 3. The van der Waals surface area contributed by atoms with Crippen LogP contribution in [0, 0.1) is 47.3 Å². The maximum Gasteiger partial charge on any atom is 0.410 e. The number of hydrogen-bond acceptors (Lipinski definition) is 23. The van der Waals surface area contributed by atoms with Crippen LogP contribution in [0.15, 0.2) is 54.6 Å². The molecule has 1 unspecified atom stereocenters. The number of nitrogens with zero attached hydrogens (tertiary/aromatic N) is 3. The largest absolute Gasteiger partial charge is 0.481 e. The molecule has 3 rings (SSSR count). The predicted molar refractivity (Wildman–Crippen MR) is 430 cm³/mol. The van der Waals surface area contributed by atoms with E-state index in [9.17, 15) is 86.9 Å². The van der Waals surface area contributed by atoms with Gasteiger partial charge in [-0.25, -0.2) is 20.3 Å². The number of Topliss-reactive ketones (excluding diaryl/α,β-unsaturated/α-hetero) is 4. The Hall–Kier alpha value is -9.84. The first-order valence-corrected chi connectivity index (χ1v) is 40.4. The Morgan fingerprint density at radius 2 is 1.25 bits per heavy atom. The van der Waals surface area contributed by atoms with Crippen molar-refractivity contribution in [1.29, 1.82) is 0 Å². The highest BCUT2D eigenvalue weighted by Crippen LogP contribution is 2.33. The topological polar surface area (TPSA) is 497 Å². The van der Waals surface area contributed by atoms with Crippen molar-refractivity contribution in [3.8, 4) is 0 Å². The number of nitrogens with one attached hydrogen (secondary N) is 6. The summed E-state index contributed by atoms with van der Waals surface area (Å²) in [6, 6.07) is 9.02. The lowest BCUT2D eigenvalue weighted by Gasteiger charge is -2.41. The molecule has 1 heterocycles. The number of ketones is 4. The molecule has 1 aliphatic heterocycles. The SMILES string of the molecule is CC[C@H](C)[C@@H]([C@@H](CC(=O)N1CCC[C@H]1[C@H](OC)[C@@H](C)C(=O)C[C@@H](Cc1ccccc1)C(=O)O)OC)N(C)C(=O)[C@@H](CC(=O)[C@H](C(C)C)N(C)C(=O)OCc1ccc(CC(=O)[C@H](C)NC(=O)[C@@H](CC(=O)C(CCC(=O)NCCOCCC(=O)NCCCC[C@H](NC(=O)N[C@@H](CCC(=O)O)OC=O)C(=O)O)NC(=O)CON)C(C)C)cc1)C(C)C. The second-order valence-corrected chi connectivity index (χ2v) is 31.3. The Morgan fingerprint density at radius 1 is 0.619 bits per heavy atom. The summed E-state index contributed by atoms with van der Waals surface area (Å²) in [5.41, 5.74) is 1.91. The van der Waals surface area contributed by atoms with Gasteiger partial charge in [0.15, 0.2) is 23.6 Å². The maximum atomic E-state index is 14.9. The Morgan fingerprint density at radius 3 is 1.84 bits per heavy atom. The number of likely N-dealkylation sites (tertiary alicyclic amines) is 1. The standard InChI is InChI=1S/C83H128N10O25/c1-15-52(8)76(68(113-13)45-73(102)93-37-21-25-63(93)77(114-14)53(9)64(95)42-58(80(107)108)40-55-22-17-16-18-23-55)91(11)79(106)60(50(4)5)44-67(98)75(51(6)7)92(12)83(112)116-46-57-28-26-56(27-29-57)41-65(96)54(10)87-78(105)59(49(2)3)43-66(97)61(88-71(101)47-118-84)30-31-69(99)86-36-39-115-38-34-70(100)85-35-20-19-24-62(81(109)110)89-82(111)90-72(117-48-94)32-33-74(103)104/h16-18,22-23,26-29,48-54,58-63,68,72,75-77H,15,19-21,24-25,30-47,84H2,1-14H3,(H,85,100)(H,86,99)(H,87,105)(H,88,101)(H,103,104)(H,107,108)(H,109,110)(H2,89,90,111)/t52-,53-,54-,58+,59-,60-,61?,62-,63-,68+,72+,75-,76-,77+/m0/s1. The lowest BCUT2D eigenvalue weighted by Crippen LogP contribution is -2.54. The van der Waals surface area contributed by atoms with Crippen molar-refractivity contribution < 1.29 is 121 Å². The zero-order chi connectivity index (χ0) is 88.5. The predicted octanol–water partition coefficient (Wildman–Crippen LogP) is 5.26. The molecule has 35 nitrogen and oxygen atoms in total. The maximum absolute atomic E-state index is 14.9. The van der Waals surface area contributed by atoms with Crippen molar-refractivity contribution >= 4 is 95.1 Å². The number of methoxy groups -OCH3 is 2. The van der Waals surface area contributed by atoms with Gasteiger partial charge in [-0.1, -0.05) is 123 Å². The van der Waals surface area contributed by atoms with Gasteiger partial charge in [0.1, 0.15) is 25.0 Å². The number of carboxylic acid groups (broad SMARTS) is 3. The molecule has 2 aromatic carbocycles. The molecule has 660 valence electrons. The summed E-state index contributed by atoms with van der Waals surface area (Å²) in [5.74, 6) is -7.87. The number of carbonyl (C=O) groups is 16. The van der Waals surface area contributed by atoms with E-state index in [1.165, 1.54) is 33.1 Å². The number of aliphatic carboxylic acids is 3. The highest BCUT2D eigenvalue weighted by Gasteiger charge is 2.45. The third kappa shape index (κ3) is 35.4. The number of amides is 9. The first kappa shape index (κ1) is 102. The Bertz CT molecular complexity index is 3600. The number of benzene rings is 2. The highest BCUT2D eigenvalue weighted by molar-refractivity contribution is 5.96. The molecule has 1 fully saturated rings. The van der Waals surface area contributed by atoms with Crippen molar-refractivity contribution in [2.45, 2.75) is 240 Å². The Kier molecular flexibility index (Phi) is 46.5. The van der Waals surface area contributed by atoms with Crippen LogP contribution in [0.25, 0.3) is 0 Å². The van der Waals surface area contributed by atoms with E-state index in [4.69, 9.17) is 30.0 Å². The Balaban J connectivity index is 1.54. The number of urea groups is 1. The van der Waals surface area contributed by atoms with E-state index in [2.05, 4.69) is 41.5 Å². The minimum Gasteiger partial charge on any atom is -0.481 e. The summed E-state index contributed by atoms with van der Waals surface area (Å²) in [7, 11) is 6.07. The highest BCUT2D eigenvalue weighted by atomic mass is 16.6. The minimum atomic E-state index is -1.35. The number of unbranched alkanes of at least 4 members (excludes halogenated alkanes) is 1. The molecule has 11 N–H and O–H groups in total. The van der Waals surface area contributed by atoms with Gasteiger partial charge in [0, 0.05) is 111 Å². The summed E-state index contributed by atoms with van der Waals surface area (Å²) in [6.07, 6.45) is -3.24. The molecule has 1 saturated heterocycles. The molecule has 9 amide bonds. The molecule has 2 aromatic rings. The summed E-state index contributed by atoms with van der Waals surface area (Å²) in [5, 5.41) is 43.4. The number of ether oxygens (including phenoxy) is 5. The van der Waals surface area contributed by atoms with Crippen LogP contribution in [-0.2, 0) is 115 Å². The average Bonchev–Trinajstić information content (AvgIpc) is 1.28. The molecule has 14 atom stereocenters. The molecule has 0 aromatic heterocycles. The number of carbonyl (C=O) groups excluding carboxylic acids is 13. The summed E-state index contributed by atoms with van der Waals surface area (Å²) in [6.45, 7) is 17.6. The monoisotopic (exact) mass is 1660 g/mol. The van der Waals surface area contributed by atoms with Gasteiger partial charge < -0.3 is 85.6 Å². The van der Waals surface area contributed by atoms with Gasteiger partial charge in [-0.05, 0) is 92.2 Å². The third-order valence-electron chi connectivity index (χ3n) is 21.5. The molecule has 0 aliphatic carbocycles. The first-order valence-electron chi connectivity index (χ1n) is 40.4. The van der Waals surface area contributed by atoms with Crippen LogP contribution in [0.3, 0.4) is 0 Å². The fourth-order valence-electron chi connectivity index (χ4n) is 14.4. The Labute approximate surface area is 691 Å². The van der Waals surface area contributed by atoms with Crippen molar-refractivity contribution in [1.82, 2.24) is 46.6 Å². The van der Waals surface area contributed by atoms with Crippen molar-refractivity contribution in [2.24, 2.45) is 53.2 Å². The van der Waals surface area contributed by atoms with Crippen LogP contribution in [0.1, 0.15) is 182 Å². The van der Waals surface area contributed by atoms with Crippen LogP contribution in [-0.4, -0.2) is 248 Å². The van der Waals surface area contributed by atoms with E-state index in [0.717, 1.165) is 5.56 Å². The molecule has 118 heavy (non-hydrogen) atoms. The molecule has 0 saturated carbocycles. The minimum absolute atomic E-state index is 0.00280. The van der Waals surface area contributed by atoms with E-state index in [1.54, 1.807) is 75.7 Å². The van der Waals surface area contributed by atoms with Crippen LogP contribution in [0.5, 0.6) is 0 Å². The van der Waals surface area contributed by atoms with Crippen LogP contribution in [0.2, 0.25) is 0 Å². The van der Waals surface area contributed by atoms with E-state index in [1.807, 2.05) is 58.0 Å². The van der Waals surface area contributed by atoms with E-state index < -0.39 is 157 Å². The molecule has 0 spiro atoms. The van der Waals surface area contributed by atoms with Crippen molar-refractivity contribution in [2.75, 3.05) is 67.8 Å². The van der Waals surface area contributed by atoms with Crippen molar-refractivity contribution in [3.05, 3.63) is 71.3 Å². The second kappa shape index (κ2) is 53.6. The van der Waals surface area contributed by atoms with E-state index in [0.29, 0.717) is 43.4 Å². The van der Waals surface area contributed by atoms with Crippen LogP contribution >= 0.6 is 0 Å². The van der Waals surface area contributed by atoms with Crippen LogP contribution < -0.4 is 37.8 Å².